The molecule has 1 aromatic heterocycles. The third-order valence-electron chi connectivity index (χ3n) is 3.37. The number of amides is 1. The number of hydrogen-bond donors (Lipinski definition) is 2. The minimum atomic E-state index is -1.18. The van der Waals surface area contributed by atoms with Gasteiger partial charge in [0.1, 0.15) is 17.7 Å². The van der Waals surface area contributed by atoms with Crippen molar-refractivity contribution in [1.29, 1.82) is 0 Å². The number of aromatic nitrogens is 1. The molecule has 0 bridgehead atoms. The number of hydrogen-bond acceptors (Lipinski definition) is 4. The van der Waals surface area contributed by atoms with E-state index < -0.39 is 18.0 Å². The molecule has 0 aliphatic carbocycles. The van der Waals surface area contributed by atoms with Crippen molar-refractivity contribution >= 4 is 56.0 Å². The van der Waals surface area contributed by atoms with Gasteiger partial charge in [0.05, 0.1) is 15.2 Å². The Labute approximate surface area is 156 Å². The lowest BCUT2D eigenvalue weighted by Gasteiger charge is -2.18. The highest BCUT2D eigenvalue weighted by Gasteiger charge is 2.19. The fraction of sp³-hybridized carbons (Fsp3) is 0.125. The first kappa shape index (κ1) is 17.7. The van der Waals surface area contributed by atoms with Crippen LogP contribution in [0.25, 0.3) is 10.2 Å². The highest BCUT2D eigenvalue weighted by molar-refractivity contribution is 7.22. The quantitative estimate of drug-likeness (QED) is 0.528. The number of thiazole rings is 1. The van der Waals surface area contributed by atoms with E-state index in [0.717, 1.165) is 4.70 Å². The van der Waals surface area contributed by atoms with Crippen LogP contribution >= 0.6 is 34.5 Å². The van der Waals surface area contributed by atoms with E-state index in [2.05, 4.69) is 10.3 Å². The summed E-state index contributed by atoms with van der Waals surface area (Å²) in [6.45, 7) is 1.71. The van der Waals surface area contributed by atoms with E-state index in [4.69, 9.17) is 33.0 Å². The molecule has 130 valence electrons. The number of carboxylic acid groups (broad SMARTS) is 1. The smallest absolute Gasteiger partial charge is 0.410 e. The minimum Gasteiger partial charge on any atom is -0.486 e. The van der Waals surface area contributed by atoms with Gasteiger partial charge in [-0.05, 0) is 37.3 Å². The molecule has 3 rings (SSSR count). The first-order valence-corrected chi connectivity index (χ1v) is 8.63. The van der Waals surface area contributed by atoms with Gasteiger partial charge in [-0.15, -0.1) is 0 Å². The lowest BCUT2D eigenvalue weighted by atomic mass is 10.1. The van der Waals surface area contributed by atoms with Crippen molar-refractivity contribution in [2.75, 3.05) is 5.32 Å². The van der Waals surface area contributed by atoms with Gasteiger partial charge in [-0.1, -0.05) is 34.5 Å². The molecule has 1 atom stereocenters. The molecule has 1 heterocycles. The average Bonchev–Trinajstić information content (AvgIpc) is 2.92. The molecule has 1 amide bonds. The zero-order chi connectivity index (χ0) is 18.1. The Bertz CT molecular complexity index is 964. The van der Waals surface area contributed by atoms with Crippen LogP contribution in [0, 0.1) is 5.82 Å². The topological polar surface area (TPSA) is 71.5 Å². The number of fused-ring (bicyclic) bond motifs is 1. The summed E-state index contributed by atoms with van der Waals surface area (Å²) < 4.78 is 20.2. The van der Waals surface area contributed by atoms with E-state index in [-0.39, 0.29) is 10.2 Å². The summed E-state index contributed by atoms with van der Waals surface area (Å²) in [5.41, 5.74) is 0.997. The van der Waals surface area contributed by atoms with E-state index in [0.29, 0.717) is 21.9 Å². The largest absolute Gasteiger partial charge is 0.486 e. The fourth-order valence-corrected chi connectivity index (χ4v) is 3.86. The lowest BCUT2D eigenvalue weighted by molar-refractivity contribution is 0.209. The summed E-state index contributed by atoms with van der Waals surface area (Å²) in [6.07, 6.45) is -1.77. The van der Waals surface area contributed by atoms with Crippen molar-refractivity contribution in [3.63, 3.8) is 0 Å². The van der Waals surface area contributed by atoms with E-state index in [1.54, 1.807) is 25.1 Å². The molecule has 2 aromatic carbocycles. The fourth-order valence-electron chi connectivity index (χ4n) is 2.30. The molecule has 5 nitrogen and oxygen atoms in total. The van der Waals surface area contributed by atoms with Crippen molar-refractivity contribution in [3.05, 3.63) is 51.8 Å². The van der Waals surface area contributed by atoms with Crippen molar-refractivity contribution in [2.45, 2.75) is 13.0 Å². The maximum Gasteiger partial charge on any atom is 0.410 e. The van der Waals surface area contributed by atoms with E-state index in [9.17, 15) is 9.18 Å². The van der Waals surface area contributed by atoms with Crippen molar-refractivity contribution < 1.29 is 19.0 Å². The zero-order valence-corrected chi connectivity index (χ0v) is 15.0. The summed E-state index contributed by atoms with van der Waals surface area (Å²) in [5, 5.41) is 11.5. The van der Waals surface area contributed by atoms with Gasteiger partial charge in [0.2, 0.25) is 0 Å². The predicted octanol–water partition coefficient (Wildman–Crippen LogP) is 5.97. The summed E-state index contributed by atoms with van der Waals surface area (Å²) in [5.74, 6) is -0.0688. The molecule has 0 aliphatic rings. The molecule has 0 fully saturated rings. The van der Waals surface area contributed by atoms with Crippen LogP contribution in [0.4, 0.5) is 14.3 Å². The number of benzene rings is 2. The monoisotopic (exact) mass is 400 g/mol. The second kappa shape index (κ2) is 7.03. The number of carbonyl (C=O) groups is 1. The maximum atomic E-state index is 13.7. The van der Waals surface area contributed by atoms with E-state index in [1.165, 1.54) is 23.5 Å². The van der Waals surface area contributed by atoms with Crippen LogP contribution in [0.3, 0.4) is 0 Å². The summed E-state index contributed by atoms with van der Waals surface area (Å²) in [6, 6.07) is 7.73. The summed E-state index contributed by atoms with van der Waals surface area (Å²) >= 11 is 13.3. The molecule has 0 saturated heterocycles. The zero-order valence-electron chi connectivity index (χ0n) is 12.7. The van der Waals surface area contributed by atoms with Gasteiger partial charge in [-0.2, -0.15) is 0 Å². The van der Waals surface area contributed by atoms with Crippen molar-refractivity contribution in [2.24, 2.45) is 0 Å². The Balaban J connectivity index is 1.87. The Hall–Kier alpha value is -2.09. The summed E-state index contributed by atoms with van der Waals surface area (Å²) in [7, 11) is 0. The van der Waals surface area contributed by atoms with Crippen LogP contribution < -0.4 is 10.1 Å². The number of halogens is 3. The molecule has 3 aromatic rings. The Kier molecular flexibility index (Phi) is 4.99. The highest BCUT2D eigenvalue weighted by Crippen LogP contribution is 2.36. The van der Waals surface area contributed by atoms with Crippen molar-refractivity contribution in [3.8, 4) is 5.75 Å². The van der Waals surface area contributed by atoms with Gasteiger partial charge in [-0.3, -0.25) is 5.32 Å². The number of rotatable bonds is 4. The molecule has 0 radical (unpaired) electrons. The first-order chi connectivity index (χ1) is 11.8. The van der Waals surface area contributed by atoms with Gasteiger partial charge >= 0.3 is 6.09 Å². The number of ether oxygens (including phenoxy) is 1. The van der Waals surface area contributed by atoms with E-state index >= 15 is 0 Å². The van der Waals surface area contributed by atoms with Crippen LogP contribution in [0.5, 0.6) is 5.75 Å². The van der Waals surface area contributed by atoms with E-state index in [1.807, 2.05) is 0 Å². The SMILES string of the molecule is CC(Oc1ccc2nc(NC(=O)O)sc2c1)c1c(Cl)ccc(F)c1Cl. The molecule has 2 N–H and O–H groups in total. The van der Waals surface area contributed by atoms with Crippen molar-refractivity contribution in [1.82, 2.24) is 4.98 Å². The summed E-state index contributed by atoms with van der Waals surface area (Å²) in [4.78, 5) is 14.8. The molecule has 0 saturated carbocycles. The van der Waals surface area contributed by atoms with Crippen LogP contribution in [0.1, 0.15) is 18.6 Å². The van der Waals surface area contributed by atoms with Crippen LogP contribution in [0.2, 0.25) is 10.0 Å². The van der Waals surface area contributed by atoms with Gasteiger partial charge in [-0.25, -0.2) is 14.2 Å². The van der Waals surface area contributed by atoms with Crippen LogP contribution in [-0.4, -0.2) is 16.2 Å². The second-order valence-electron chi connectivity index (χ2n) is 5.10. The first-order valence-electron chi connectivity index (χ1n) is 7.05. The van der Waals surface area contributed by atoms with Crippen LogP contribution in [0.15, 0.2) is 30.3 Å². The number of anilines is 1. The van der Waals surface area contributed by atoms with Gasteiger partial charge in [0.25, 0.3) is 0 Å². The van der Waals surface area contributed by atoms with Gasteiger partial charge in [0, 0.05) is 10.6 Å². The number of nitrogens with one attached hydrogen (secondary N) is 1. The maximum absolute atomic E-state index is 13.7. The standard InChI is InChI=1S/C16H11Cl2FN2O3S/c1-7(13-9(17)3-4-10(19)14(13)18)24-8-2-5-11-12(6-8)25-15(20-11)21-16(22)23/h2-7H,1H3,(H,20,21)(H,22,23). The normalized spacial score (nSPS) is 12.2. The molecule has 0 aliphatic heterocycles. The molecular formula is C16H11Cl2FN2O3S. The number of nitrogens with zero attached hydrogens (tertiary/aromatic N) is 1. The Morgan fingerprint density at radius 1 is 1.36 bits per heavy atom. The molecule has 9 heteroatoms. The van der Waals surface area contributed by atoms with Crippen LogP contribution in [-0.2, 0) is 0 Å². The Morgan fingerprint density at radius 3 is 2.84 bits per heavy atom. The molecule has 0 spiro atoms. The third kappa shape index (κ3) is 3.78. The minimum absolute atomic E-state index is 0.0770. The highest BCUT2D eigenvalue weighted by atomic mass is 35.5. The lowest BCUT2D eigenvalue weighted by Crippen LogP contribution is -2.06. The average molecular weight is 401 g/mol. The molecule has 1 unspecified atom stereocenters. The van der Waals surface area contributed by atoms with Gasteiger partial charge < -0.3 is 9.84 Å². The predicted molar refractivity (Wildman–Crippen MR) is 96.7 cm³/mol. The second-order valence-corrected chi connectivity index (χ2v) is 6.91. The molecular weight excluding hydrogens is 390 g/mol. The third-order valence-corrected chi connectivity index (χ3v) is 5.02. The van der Waals surface area contributed by atoms with Gasteiger partial charge in [0.15, 0.2) is 5.13 Å². The molecule has 25 heavy (non-hydrogen) atoms. The Morgan fingerprint density at radius 2 is 2.12 bits per heavy atom.